The minimum absolute atomic E-state index is 0.311. The molecule has 0 atom stereocenters. The van der Waals surface area contributed by atoms with Crippen LogP contribution in [0.2, 0.25) is 0 Å². The van der Waals surface area contributed by atoms with Gasteiger partial charge in [-0.3, -0.25) is 4.79 Å². The van der Waals surface area contributed by atoms with Gasteiger partial charge >= 0.3 is 0 Å². The van der Waals surface area contributed by atoms with Crippen molar-refractivity contribution in [2.24, 2.45) is 5.92 Å². The van der Waals surface area contributed by atoms with Crippen LogP contribution >= 0.6 is 12.6 Å². The lowest BCUT2D eigenvalue weighted by Crippen LogP contribution is -2.00. The zero-order valence-electron chi connectivity index (χ0n) is 9.23. The predicted octanol–water partition coefficient (Wildman–Crippen LogP) is 3.61. The molecule has 1 saturated carbocycles. The van der Waals surface area contributed by atoms with Crippen molar-refractivity contribution in [3.63, 3.8) is 0 Å². The van der Waals surface area contributed by atoms with Crippen LogP contribution in [0, 0.1) is 5.92 Å². The average molecular weight is 232 g/mol. The summed E-state index contributed by atoms with van der Waals surface area (Å²) in [7, 11) is 0. The van der Waals surface area contributed by atoms with E-state index in [4.69, 9.17) is 0 Å². The Bertz CT molecular complexity index is 388. The molecule has 0 N–H and O–H groups in total. The number of allylic oxidation sites excluding steroid dienone is 1. The van der Waals surface area contributed by atoms with Crippen molar-refractivity contribution in [1.29, 1.82) is 0 Å². The van der Waals surface area contributed by atoms with Gasteiger partial charge in [-0.25, -0.2) is 0 Å². The van der Waals surface area contributed by atoms with Gasteiger partial charge in [0.05, 0.1) is 0 Å². The molecule has 0 radical (unpaired) electrons. The van der Waals surface area contributed by atoms with Crippen LogP contribution in [-0.4, -0.2) is 11.5 Å². The summed E-state index contributed by atoms with van der Waals surface area (Å²) in [5.74, 6) is 1.49. The first kappa shape index (κ1) is 11.5. The summed E-state index contributed by atoms with van der Waals surface area (Å²) in [5, 5.41) is 0. The highest BCUT2D eigenvalue weighted by Crippen LogP contribution is 2.32. The van der Waals surface area contributed by atoms with E-state index in [0.717, 1.165) is 36.1 Å². The van der Waals surface area contributed by atoms with E-state index >= 15 is 0 Å². The maximum Gasteiger partial charge on any atom is 0.165 e. The van der Waals surface area contributed by atoms with Crippen LogP contribution < -0.4 is 0 Å². The van der Waals surface area contributed by atoms with Gasteiger partial charge in [0.25, 0.3) is 0 Å². The molecular formula is C14H16OS. The van der Waals surface area contributed by atoms with Crippen molar-refractivity contribution < 1.29 is 4.79 Å². The predicted molar refractivity (Wildman–Crippen MR) is 71.0 cm³/mol. The molecule has 1 aliphatic carbocycles. The Morgan fingerprint density at radius 1 is 1.31 bits per heavy atom. The number of thiol groups is 1. The van der Waals surface area contributed by atoms with Gasteiger partial charge < -0.3 is 0 Å². The number of benzene rings is 1. The quantitative estimate of drug-likeness (QED) is 0.606. The molecule has 1 nitrogen and oxygen atoms in total. The summed E-state index contributed by atoms with van der Waals surface area (Å²) in [5.41, 5.74) is 2.00. The average Bonchev–Trinajstić information content (AvgIpc) is 3.13. The van der Waals surface area contributed by atoms with E-state index in [1.54, 1.807) is 0 Å². The Morgan fingerprint density at radius 2 is 2.00 bits per heavy atom. The fraction of sp³-hybridized carbons (Fsp3) is 0.357. The third-order valence-electron chi connectivity index (χ3n) is 2.75. The van der Waals surface area contributed by atoms with Crippen LogP contribution in [0.25, 0.3) is 6.08 Å². The van der Waals surface area contributed by atoms with Crippen molar-refractivity contribution in [3.8, 4) is 0 Å². The zero-order valence-corrected chi connectivity index (χ0v) is 10.1. The van der Waals surface area contributed by atoms with Crippen molar-refractivity contribution in [1.82, 2.24) is 0 Å². The third-order valence-corrected chi connectivity index (χ3v) is 3.01. The Labute approximate surface area is 102 Å². The van der Waals surface area contributed by atoms with Crippen LogP contribution in [0.4, 0.5) is 0 Å². The standard InChI is InChI=1S/C14H16OS/c15-14(13-8-9-13)12-6-4-11(5-7-12)3-1-2-10-16/h1,3-7,13,16H,2,8-10H2. The summed E-state index contributed by atoms with van der Waals surface area (Å²) in [4.78, 5) is 11.8. The Morgan fingerprint density at radius 3 is 2.56 bits per heavy atom. The van der Waals surface area contributed by atoms with E-state index in [-0.39, 0.29) is 0 Å². The summed E-state index contributed by atoms with van der Waals surface area (Å²) in [6, 6.07) is 7.87. The van der Waals surface area contributed by atoms with Gasteiger partial charge in [-0.1, -0.05) is 36.4 Å². The first-order chi connectivity index (χ1) is 7.81. The second-order valence-corrected chi connectivity index (χ2v) is 4.62. The van der Waals surface area contributed by atoms with E-state index in [2.05, 4.69) is 24.8 Å². The van der Waals surface area contributed by atoms with Crippen LogP contribution in [0.5, 0.6) is 0 Å². The molecule has 1 aromatic rings. The molecule has 1 aliphatic rings. The summed E-state index contributed by atoms with van der Waals surface area (Å²) in [6.07, 6.45) is 7.29. The van der Waals surface area contributed by atoms with E-state index in [0.29, 0.717) is 11.7 Å². The normalized spacial score (nSPS) is 15.6. The lowest BCUT2D eigenvalue weighted by Gasteiger charge is -1.99. The molecule has 0 spiro atoms. The number of hydrogen-bond donors (Lipinski definition) is 1. The van der Waals surface area contributed by atoms with Crippen LogP contribution in [0.15, 0.2) is 30.3 Å². The summed E-state index contributed by atoms with van der Waals surface area (Å²) >= 11 is 4.14. The number of carbonyl (C=O) groups excluding carboxylic acids is 1. The van der Waals surface area contributed by atoms with Gasteiger partial charge in [-0.15, -0.1) is 0 Å². The van der Waals surface area contributed by atoms with E-state index in [9.17, 15) is 4.79 Å². The minimum atomic E-state index is 0.311. The first-order valence-electron chi connectivity index (χ1n) is 5.73. The first-order valence-corrected chi connectivity index (χ1v) is 6.36. The lowest BCUT2D eigenvalue weighted by molar-refractivity contribution is 0.0967. The number of ketones is 1. The number of hydrogen-bond acceptors (Lipinski definition) is 2. The van der Waals surface area contributed by atoms with Crippen molar-refractivity contribution >= 4 is 24.5 Å². The lowest BCUT2D eigenvalue weighted by atomic mass is 10.0. The summed E-state index contributed by atoms with van der Waals surface area (Å²) < 4.78 is 0. The monoisotopic (exact) mass is 232 g/mol. The van der Waals surface area contributed by atoms with Gasteiger partial charge in [0.1, 0.15) is 0 Å². The minimum Gasteiger partial charge on any atom is -0.294 e. The van der Waals surface area contributed by atoms with E-state index in [1.807, 2.05) is 24.3 Å². The van der Waals surface area contributed by atoms with Gasteiger partial charge in [0.2, 0.25) is 0 Å². The molecular weight excluding hydrogens is 216 g/mol. The van der Waals surface area contributed by atoms with Crippen molar-refractivity contribution in [2.75, 3.05) is 5.75 Å². The molecule has 0 aromatic heterocycles. The fourth-order valence-corrected chi connectivity index (χ4v) is 1.78. The highest BCUT2D eigenvalue weighted by Gasteiger charge is 2.30. The fourth-order valence-electron chi connectivity index (χ4n) is 1.63. The number of Topliss-reactive ketones (excluding diaryl/α,β-unsaturated/α-hetero) is 1. The Hall–Kier alpha value is -1.02. The smallest absolute Gasteiger partial charge is 0.165 e. The molecule has 0 saturated heterocycles. The van der Waals surface area contributed by atoms with E-state index in [1.165, 1.54) is 0 Å². The molecule has 0 heterocycles. The maximum absolute atomic E-state index is 11.8. The molecule has 0 bridgehead atoms. The molecule has 1 aromatic carbocycles. The highest BCUT2D eigenvalue weighted by atomic mass is 32.1. The number of rotatable bonds is 5. The molecule has 16 heavy (non-hydrogen) atoms. The van der Waals surface area contributed by atoms with Crippen LogP contribution in [0.3, 0.4) is 0 Å². The molecule has 2 rings (SSSR count). The van der Waals surface area contributed by atoms with Crippen molar-refractivity contribution in [3.05, 3.63) is 41.5 Å². The Balaban J connectivity index is 2.01. The highest BCUT2D eigenvalue weighted by molar-refractivity contribution is 7.80. The van der Waals surface area contributed by atoms with Gasteiger partial charge in [-0.05, 0) is 30.6 Å². The third kappa shape index (κ3) is 2.99. The van der Waals surface area contributed by atoms with Crippen molar-refractivity contribution in [2.45, 2.75) is 19.3 Å². The molecule has 0 unspecified atom stereocenters. The molecule has 0 aliphatic heterocycles. The van der Waals surface area contributed by atoms with Gasteiger partial charge in [-0.2, -0.15) is 12.6 Å². The molecule has 2 heteroatoms. The molecule has 0 amide bonds. The second kappa shape index (κ2) is 5.35. The van der Waals surface area contributed by atoms with Gasteiger partial charge in [0, 0.05) is 11.5 Å². The summed E-state index contributed by atoms with van der Waals surface area (Å²) in [6.45, 7) is 0. The number of carbonyl (C=O) groups is 1. The second-order valence-electron chi connectivity index (χ2n) is 4.18. The van der Waals surface area contributed by atoms with Crippen LogP contribution in [-0.2, 0) is 0 Å². The molecule has 1 fully saturated rings. The SMILES string of the molecule is O=C(c1ccc(C=CCCS)cc1)C1CC1. The maximum atomic E-state index is 11.8. The van der Waals surface area contributed by atoms with E-state index < -0.39 is 0 Å². The van der Waals surface area contributed by atoms with Crippen LogP contribution in [0.1, 0.15) is 35.2 Å². The van der Waals surface area contributed by atoms with Gasteiger partial charge in [0.15, 0.2) is 5.78 Å². The Kier molecular flexibility index (Phi) is 3.83. The topological polar surface area (TPSA) is 17.1 Å². The molecule has 84 valence electrons. The largest absolute Gasteiger partial charge is 0.294 e. The zero-order chi connectivity index (χ0) is 11.4.